The van der Waals surface area contributed by atoms with E-state index in [1.165, 1.54) is 6.92 Å². The largest absolute Gasteiger partial charge is 0.385 e. The molecule has 0 radical (unpaired) electrons. The van der Waals surface area contributed by atoms with Gasteiger partial charge in [-0.15, -0.1) is 0 Å². The van der Waals surface area contributed by atoms with Crippen LogP contribution < -0.4 is 10.0 Å². The van der Waals surface area contributed by atoms with E-state index in [0.29, 0.717) is 19.6 Å². The summed E-state index contributed by atoms with van der Waals surface area (Å²) in [5.41, 5.74) is 0. The number of methoxy groups -OCH3 is 1. The summed E-state index contributed by atoms with van der Waals surface area (Å²) in [6.45, 7) is 2.36. The van der Waals surface area contributed by atoms with Crippen LogP contribution in [-0.4, -0.2) is 46.9 Å². The molecule has 0 aliphatic rings. The van der Waals surface area contributed by atoms with Crippen molar-refractivity contribution in [3.05, 3.63) is 0 Å². The van der Waals surface area contributed by atoms with Crippen molar-refractivity contribution in [3.8, 4) is 0 Å². The van der Waals surface area contributed by atoms with Crippen LogP contribution in [0, 0.1) is 0 Å². The zero-order valence-corrected chi connectivity index (χ0v) is 9.89. The third-order valence-corrected chi connectivity index (χ3v) is 3.02. The number of rotatable bonds is 8. The highest BCUT2D eigenvalue weighted by molar-refractivity contribution is 7.89. The number of hydrogen-bond acceptors (Lipinski definition) is 4. The average molecular weight is 238 g/mol. The molecule has 0 saturated carbocycles. The number of carbonyl (C=O) groups is 1. The lowest BCUT2D eigenvalue weighted by Crippen LogP contribution is -2.38. The van der Waals surface area contributed by atoms with Crippen molar-refractivity contribution in [2.45, 2.75) is 13.3 Å². The SMILES string of the molecule is CCS(=O)(=O)NCC(=O)NCCCOC. The summed E-state index contributed by atoms with van der Waals surface area (Å²) < 4.78 is 28.9. The number of hydrogen-bond donors (Lipinski definition) is 2. The highest BCUT2D eigenvalue weighted by Crippen LogP contribution is 1.81. The summed E-state index contributed by atoms with van der Waals surface area (Å²) in [5.74, 6) is -0.354. The van der Waals surface area contributed by atoms with Gasteiger partial charge in [-0.3, -0.25) is 4.79 Å². The van der Waals surface area contributed by atoms with Crippen molar-refractivity contribution >= 4 is 15.9 Å². The smallest absolute Gasteiger partial charge is 0.235 e. The highest BCUT2D eigenvalue weighted by Gasteiger charge is 2.08. The third-order valence-electron chi connectivity index (χ3n) is 1.68. The second-order valence-electron chi connectivity index (χ2n) is 2.92. The first kappa shape index (κ1) is 14.3. The lowest BCUT2D eigenvalue weighted by molar-refractivity contribution is -0.120. The molecule has 15 heavy (non-hydrogen) atoms. The molecule has 0 heterocycles. The predicted octanol–water partition coefficient (Wildman–Crippen LogP) is -0.922. The van der Waals surface area contributed by atoms with Crippen molar-refractivity contribution < 1.29 is 17.9 Å². The van der Waals surface area contributed by atoms with Crippen LogP contribution in [0.15, 0.2) is 0 Å². The lowest BCUT2D eigenvalue weighted by Gasteiger charge is -2.05. The Morgan fingerprint density at radius 2 is 2.07 bits per heavy atom. The molecule has 0 aromatic rings. The van der Waals surface area contributed by atoms with Gasteiger partial charge >= 0.3 is 0 Å². The fourth-order valence-electron chi connectivity index (χ4n) is 0.784. The zero-order chi connectivity index (χ0) is 11.7. The van der Waals surface area contributed by atoms with Crippen LogP contribution >= 0.6 is 0 Å². The van der Waals surface area contributed by atoms with Crippen LogP contribution in [0.25, 0.3) is 0 Å². The molecule has 0 unspecified atom stereocenters. The first-order valence-corrected chi connectivity index (χ1v) is 6.40. The van der Waals surface area contributed by atoms with E-state index in [-0.39, 0.29) is 18.2 Å². The van der Waals surface area contributed by atoms with Gasteiger partial charge in [-0.2, -0.15) is 0 Å². The normalized spacial score (nSPS) is 11.3. The minimum absolute atomic E-state index is 0.0239. The van der Waals surface area contributed by atoms with E-state index in [4.69, 9.17) is 4.74 Å². The van der Waals surface area contributed by atoms with Gasteiger partial charge in [-0.25, -0.2) is 13.1 Å². The van der Waals surface area contributed by atoms with Gasteiger partial charge in [0.25, 0.3) is 0 Å². The van der Waals surface area contributed by atoms with Crippen LogP contribution in [0.1, 0.15) is 13.3 Å². The molecule has 0 atom stereocenters. The maximum atomic E-state index is 11.1. The third kappa shape index (κ3) is 8.34. The van der Waals surface area contributed by atoms with E-state index in [9.17, 15) is 13.2 Å². The highest BCUT2D eigenvalue weighted by atomic mass is 32.2. The monoisotopic (exact) mass is 238 g/mol. The van der Waals surface area contributed by atoms with Gasteiger partial charge < -0.3 is 10.1 Å². The Kier molecular flexibility index (Phi) is 7.27. The molecule has 0 bridgehead atoms. The lowest BCUT2D eigenvalue weighted by atomic mass is 10.4. The van der Waals surface area contributed by atoms with Gasteiger partial charge in [0.2, 0.25) is 15.9 Å². The first-order valence-electron chi connectivity index (χ1n) is 4.74. The summed E-state index contributed by atoms with van der Waals surface area (Å²) in [6, 6.07) is 0. The van der Waals surface area contributed by atoms with Crippen molar-refractivity contribution in [1.29, 1.82) is 0 Å². The molecule has 0 spiro atoms. The van der Waals surface area contributed by atoms with Gasteiger partial charge in [0.05, 0.1) is 12.3 Å². The molecule has 0 aliphatic carbocycles. The van der Waals surface area contributed by atoms with E-state index in [2.05, 4.69) is 10.0 Å². The Hall–Kier alpha value is -0.660. The fourth-order valence-corrected chi connectivity index (χ4v) is 1.34. The van der Waals surface area contributed by atoms with E-state index in [1.807, 2.05) is 0 Å². The molecule has 0 aromatic carbocycles. The molecule has 90 valence electrons. The van der Waals surface area contributed by atoms with Gasteiger partial charge in [-0.05, 0) is 13.3 Å². The summed E-state index contributed by atoms with van der Waals surface area (Å²) in [7, 11) is -1.70. The molecular formula is C8H18N2O4S. The molecule has 0 aromatic heterocycles. The predicted molar refractivity (Wildman–Crippen MR) is 57.0 cm³/mol. The minimum atomic E-state index is -3.29. The quantitative estimate of drug-likeness (QED) is 0.536. The standard InChI is InChI=1S/C8H18N2O4S/c1-3-15(12,13)10-7-8(11)9-5-4-6-14-2/h10H,3-7H2,1-2H3,(H,9,11). The maximum Gasteiger partial charge on any atom is 0.235 e. The van der Waals surface area contributed by atoms with Gasteiger partial charge in [0, 0.05) is 20.3 Å². The summed E-state index contributed by atoms with van der Waals surface area (Å²) in [6.07, 6.45) is 0.711. The summed E-state index contributed by atoms with van der Waals surface area (Å²) >= 11 is 0. The second-order valence-corrected chi connectivity index (χ2v) is 5.02. The van der Waals surface area contributed by atoms with E-state index < -0.39 is 10.0 Å². The van der Waals surface area contributed by atoms with Crippen LogP contribution in [0.2, 0.25) is 0 Å². The number of nitrogens with one attached hydrogen (secondary N) is 2. The molecule has 0 fully saturated rings. The average Bonchev–Trinajstić information content (AvgIpc) is 2.22. The number of ether oxygens (including phenoxy) is 1. The summed E-state index contributed by atoms with van der Waals surface area (Å²) in [4.78, 5) is 11.1. The van der Waals surface area contributed by atoms with E-state index in [1.54, 1.807) is 7.11 Å². The molecule has 7 heteroatoms. The minimum Gasteiger partial charge on any atom is -0.385 e. The number of amides is 1. The molecule has 0 aliphatic heterocycles. The van der Waals surface area contributed by atoms with Gasteiger partial charge in [0.15, 0.2) is 0 Å². The van der Waals surface area contributed by atoms with E-state index >= 15 is 0 Å². The van der Waals surface area contributed by atoms with Crippen molar-refractivity contribution in [3.63, 3.8) is 0 Å². The van der Waals surface area contributed by atoms with Crippen LogP contribution in [-0.2, 0) is 19.6 Å². The Bertz CT molecular complexity index is 276. The summed E-state index contributed by atoms with van der Waals surface area (Å²) in [5, 5.41) is 2.57. The Morgan fingerprint density at radius 1 is 1.40 bits per heavy atom. The number of sulfonamides is 1. The first-order chi connectivity index (χ1) is 7.02. The van der Waals surface area contributed by atoms with Crippen LogP contribution in [0.5, 0.6) is 0 Å². The maximum absolute atomic E-state index is 11.1. The van der Waals surface area contributed by atoms with Gasteiger partial charge in [-0.1, -0.05) is 0 Å². The Morgan fingerprint density at radius 3 is 2.60 bits per heavy atom. The number of carbonyl (C=O) groups excluding carboxylic acids is 1. The van der Waals surface area contributed by atoms with Crippen molar-refractivity contribution in [2.24, 2.45) is 0 Å². The topological polar surface area (TPSA) is 84.5 Å². The van der Waals surface area contributed by atoms with Crippen molar-refractivity contribution in [2.75, 3.05) is 32.6 Å². The van der Waals surface area contributed by atoms with Crippen LogP contribution in [0.4, 0.5) is 0 Å². The van der Waals surface area contributed by atoms with Crippen molar-refractivity contribution in [1.82, 2.24) is 10.0 Å². The molecular weight excluding hydrogens is 220 g/mol. The Balaban J connectivity index is 3.58. The molecule has 0 saturated heterocycles. The molecule has 6 nitrogen and oxygen atoms in total. The second kappa shape index (κ2) is 7.61. The fraction of sp³-hybridized carbons (Fsp3) is 0.875. The molecule has 1 amide bonds. The Labute approximate surface area is 90.4 Å². The van der Waals surface area contributed by atoms with Gasteiger partial charge in [0.1, 0.15) is 0 Å². The zero-order valence-electron chi connectivity index (χ0n) is 9.08. The molecule has 2 N–H and O–H groups in total. The van der Waals surface area contributed by atoms with Crippen LogP contribution in [0.3, 0.4) is 0 Å². The molecule has 0 rings (SSSR count). The van der Waals surface area contributed by atoms with E-state index in [0.717, 1.165) is 0 Å².